The second-order valence-electron chi connectivity index (χ2n) is 8.91. The first-order valence-electron chi connectivity index (χ1n) is 11.6. The number of rotatable bonds is 6. The summed E-state index contributed by atoms with van der Waals surface area (Å²) in [5.74, 6) is 0.388. The molecule has 0 aliphatic heterocycles. The summed E-state index contributed by atoms with van der Waals surface area (Å²) in [6.07, 6.45) is -0.267. The summed E-state index contributed by atoms with van der Waals surface area (Å²) < 4.78 is 69.6. The zero-order valence-electron chi connectivity index (χ0n) is 21.0. The number of aromatic nitrogens is 5. The number of sulfone groups is 1. The van der Waals surface area contributed by atoms with Gasteiger partial charge < -0.3 is 9.30 Å². The molecular formula is C27H22F3N5O3S. The molecule has 39 heavy (non-hydrogen) atoms. The van der Waals surface area contributed by atoms with Crippen molar-refractivity contribution >= 4 is 9.84 Å². The molecule has 0 N–H and O–H groups in total. The van der Waals surface area contributed by atoms with Crippen molar-refractivity contribution in [2.45, 2.75) is 25.1 Å². The van der Waals surface area contributed by atoms with Crippen LogP contribution in [0.3, 0.4) is 0 Å². The Morgan fingerprint density at radius 3 is 2.21 bits per heavy atom. The lowest BCUT2D eigenvalue weighted by molar-refractivity contribution is -0.274. The Morgan fingerprint density at radius 2 is 1.56 bits per heavy atom. The molecule has 0 bridgehead atoms. The number of aryl methyl sites for hydroxylation is 2. The van der Waals surface area contributed by atoms with Crippen LogP contribution in [0.25, 0.3) is 33.8 Å². The molecule has 0 amide bonds. The standard InChI is InChI=1S/C27H22F3N5O3S/c1-17-16-34(18(2)32-17)24-12-9-21(20-5-4-6-23(13-20)39(3,36)37)14-25(24)35-26(15-31-33-35)19-7-10-22(11-8-19)38-27(28,29)30/h4-16H,1-3H3. The third kappa shape index (κ3) is 5.55. The number of ether oxygens (including phenoxy) is 1. The van der Waals surface area contributed by atoms with Crippen molar-refractivity contribution < 1.29 is 26.3 Å². The highest BCUT2D eigenvalue weighted by Crippen LogP contribution is 2.33. The summed E-state index contributed by atoms with van der Waals surface area (Å²) in [5, 5.41) is 8.35. The van der Waals surface area contributed by atoms with Crippen LogP contribution in [-0.4, -0.2) is 45.6 Å². The zero-order valence-corrected chi connectivity index (χ0v) is 21.8. The molecule has 200 valence electrons. The molecule has 2 aromatic heterocycles. The maximum Gasteiger partial charge on any atom is 0.573 e. The van der Waals surface area contributed by atoms with E-state index in [2.05, 4.69) is 20.0 Å². The van der Waals surface area contributed by atoms with E-state index in [-0.39, 0.29) is 10.6 Å². The van der Waals surface area contributed by atoms with Gasteiger partial charge in [-0.05, 0) is 73.5 Å². The second-order valence-corrected chi connectivity index (χ2v) is 10.9. The van der Waals surface area contributed by atoms with Gasteiger partial charge in [-0.2, -0.15) is 0 Å². The number of hydrogen-bond acceptors (Lipinski definition) is 6. The van der Waals surface area contributed by atoms with Crippen molar-refractivity contribution in [3.8, 4) is 39.5 Å². The smallest absolute Gasteiger partial charge is 0.406 e. The molecule has 3 aromatic carbocycles. The van der Waals surface area contributed by atoms with Gasteiger partial charge >= 0.3 is 6.36 Å². The van der Waals surface area contributed by atoms with Crippen molar-refractivity contribution in [1.29, 1.82) is 0 Å². The van der Waals surface area contributed by atoms with Crippen molar-refractivity contribution in [1.82, 2.24) is 24.5 Å². The fraction of sp³-hybridized carbons (Fsp3) is 0.148. The molecule has 0 saturated heterocycles. The maximum atomic E-state index is 12.6. The first-order chi connectivity index (χ1) is 18.4. The quantitative estimate of drug-likeness (QED) is 0.268. The number of halogens is 3. The lowest BCUT2D eigenvalue weighted by Crippen LogP contribution is -2.16. The Bertz CT molecular complexity index is 1780. The lowest BCUT2D eigenvalue weighted by Gasteiger charge is -2.16. The first-order valence-corrected chi connectivity index (χ1v) is 13.5. The average Bonchev–Trinajstić information content (AvgIpc) is 3.49. The largest absolute Gasteiger partial charge is 0.573 e. The van der Waals surface area contributed by atoms with E-state index in [9.17, 15) is 21.6 Å². The Kier molecular flexibility index (Phi) is 6.51. The number of benzene rings is 3. The predicted molar refractivity (Wildman–Crippen MR) is 139 cm³/mol. The molecule has 5 aromatic rings. The molecule has 0 aliphatic carbocycles. The van der Waals surface area contributed by atoms with Crippen LogP contribution < -0.4 is 4.74 Å². The van der Waals surface area contributed by atoms with Crippen molar-refractivity contribution in [2.75, 3.05) is 6.26 Å². The molecule has 5 rings (SSSR count). The Labute approximate surface area is 222 Å². The van der Waals surface area contributed by atoms with Gasteiger partial charge in [0.05, 0.1) is 33.9 Å². The Morgan fingerprint density at radius 1 is 0.872 bits per heavy atom. The van der Waals surface area contributed by atoms with E-state index in [4.69, 9.17) is 0 Å². The van der Waals surface area contributed by atoms with Gasteiger partial charge in [0.1, 0.15) is 11.6 Å². The van der Waals surface area contributed by atoms with Crippen LogP contribution in [0.15, 0.2) is 84.0 Å². The molecule has 0 radical (unpaired) electrons. The van der Waals surface area contributed by atoms with Crippen LogP contribution in [0.1, 0.15) is 11.5 Å². The molecule has 0 fully saturated rings. The van der Waals surface area contributed by atoms with E-state index in [1.807, 2.05) is 48.9 Å². The summed E-state index contributed by atoms with van der Waals surface area (Å²) in [6.45, 7) is 3.74. The van der Waals surface area contributed by atoms with E-state index >= 15 is 0 Å². The molecule has 0 saturated carbocycles. The second kappa shape index (κ2) is 9.70. The number of hydrogen-bond donors (Lipinski definition) is 0. The van der Waals surface area contributed by atoms with Crippen LogP contribution in [0.4, 0.5) is 13.2 Å². The topological polar surface area (TPSA) is 91.9 Å². The highest BCUT2D eigenvalue weighted by Gasteiger charge is 2.31. The third-order valence-corrected chi connectivity index (χ3v) is 7.10. The predicted octanol–water partition coefficient (Wildman–Crippen LogP) is 5.71. The van der Waals surface area contributed by atoms with Gasteiger partial charge in [0.15, 0.2) is 9.84 Å². The average molecular weight is 554 g/mol. The van der Waals surface area contributed by atoms with Gasteiger partial charge in [-0.3, -0.25) is 0 Å². The Hall–Kier alpha value is -4.45. The fourth-order valence-electron chi connectivity index (χ4n) is 4.28. The van der Waals surface area contributed by atoms with Gasteiger partial charge in [0, 0.05) is 18.0 Å². The molecule has 0 atom stereocenters. The van der Waals surface area contributed by atoms with Crippen LogP contribution in [0.5, 0.6) is 5.75 Å². The summed E-state index contributed by atoms with van der Waals surface area (Å²) in [7, 11) is -3.42. The minimum Gasteiger partial charge on any atom is -0.406 e. The molecule has 8 nitrogen and oxygen atoms in total. The number of alkyl halides is 3. The number of imidazole rings is 1. The van der Waals surface area contributed by atoms with Crippen LogP contribution >= 0.6 is 0 Å². The van der Waals surface area contributed by atoms with Gasteiger partial charge in [-0.25, -0.2) is 18.1 Å². The molecular weight excluding hydrogens is 531 g/mol. The SMILES string of the molecule is Cc1cn(-c2ccc(-c3cccc(S(C)(=O)=O)c3)cc2-n2nncc2-c2ccc(OC(F)(F)F)cc2)c(C)n1. The number of nitrogens with zero attached hydrogens (tertiary/aromatic N) is 5. The van der Waals surface area contributed by atoms with Crippen molar-refractivity contribution in [2.24, 2.45) is 0 Å². The van der Waals surface area contributed by atoms with Gasteiger partial charge in [-0.1, -0.05) is 23.4 Å². The normalized spacial score (nSPS) is 12.1. The molecule has 2 heterocycles. The molecule has 0 spiro atoms. The minimum absolute atomic E-state index is 0.189. The van der Waals surface area contributed by atoms with E-state index in [1.54, 1.807) is 16.8 Å². The highest BCUT2D eigenvalue weighted by atomic mass is 32.2. The van der Waals surface area contributed by atoms with Gasteiger partial charge in [0.2, 0.25) is 0 Å². The maximum absolute atomic E-state index is 12.6. The lowest BCUT2D eigenvalue weighted by atomic mass is 10.0. The van der Waals surface area contributed by atoms with Crippen LogP contribution in [-0.2, 0) is 9.84 Å². The minimum atomic E-state index is -4.80. The van der Waals surface area contributed by atoms with E-state index in [0.717, 1.165) is 29.0 Å². The summed E-state index contributed by atoms with van der Waals surface area (Å²) >= 11 is 0. The van der Waals surface area contributed by atoms with Crippen LogP contribution in [0.2, 0.25) is 0 Å². The fourth-order valence-corrected chi connectivity index (χ4v) is 4.95. The van der Waals surface area contributed by atoms with E-state index < -0.39 is 16.2 Å². The molecule has 0 aliphatic rings. The highest BCUT2D eigenvalue weighted by molar-refractivity contribution is 7.90. The van der Waals surface area contributed by atoms with E-state index in [0.29, 0.717) is 22.5 Å². The monoisotopic (exact) mass is 553 g/mol. The van der Waals surface area contributed by atoms with Crippen molar-refractivity contribution in [3.05, 3.63) is 90.6 Å². The first kappa shape index (κ1) is 26.2. The van der Waals surface area contributed by atoms with Gasteiger partial charge in [-0.15, -0.1) is 18.3 Å². The van der Waals surface area contributed by atoms with E-state index in [1.165, 1.54) is 36.5 Å². The van der Waals surface area contributed by atoms with Gasteiger partial charge in [0.25, 0.3) is 0 Å². The summed E-state index contributed by atoms with van der Waals surface area (Å²) in [4.78, 5) is 4.68. The molecule has 0 unspecified atom stereocenters. The van der Waals surface area contributed by atoms with Crippen molar-refractivity contribution in [3.63, 3.8) is 0 Å². The summed E-state index contributed by atoms with van der Waals surface area (Å²) in [5.41, 5.74) is 4.61. The summed E-state index contributed by atoms with van der Waals surface area (Å²) in [6, 6.07) is 17.6. The Balaban J connectivity index is 1.66. The zero-order chi connectivity index (χ0) is 27.9. The van der Waals surface area contributed by atoms with Crippen LogP contribution in [0, 0.1) is 13.8 Å². The third-order valence-electron chi connectivity index (χ3n) is 5.99. The molecule has 12 heteroatoms.